The summed E-state index contributed by atoms with van der Waals surface area (Å²) in [5.74, 6) is 0.969. The van der Waals surface area contributed by atoms with Crippen LogP contribution >= 0.6 is 0 Å². The smallest absolute Gasteiger partial charge is 0.225 e. The molecule has 6 heteroatoms. The number of aryl methyl sites for hydroxylation is 1. The van der Waals surface area contributed by atoms with Crippen LogP contribution in [0.4, 0.5) is 0 Å². The number of aromatic nitrogens is 1. The Kier molecular flexibility index (Phi) is 6.48. The van der Waals surface area contributed by atoms with Crippen molar-refractivity contribution in [2.45, 2.75) is 57.9 Å². The molecule has 1 aliphatic carbocycles. The first kappa shape index (κ1) is 20.3. The molecule has 1 unspecified atom stereocenters. The van der Waals surface area contributed by atoms with E-state index in [9.17, 15) is 9.59 Å². The van der Waals surface area contributed by atoms with Crippen LogP contribution in [0, 0.1) is 18.8 Å². The summed E-state index contributed by atoms with van der Waals surface area (Å²) in [6.45, 7) is 6.42. The molecule has 2 aliphatic heterocycles. The molecule has 6 nitrogen and oxygen atoms in total. The summed E-state index contributed by atoms with van der Waals surface area (Å²) in [5, 5.41) is 3.13. The van der Waals surface area contributed by atoms with Crippen LogP contribution in [-0.4, -0.2) is 65.4 Å². The van der Waals surface area contributed by atoms with E-state index in [0.29, 0.717) is 24.4 Å². The Labute approximate surface area is 174 Å². The van der Waals surface area contributed by atoms with Gasteiger partial charge in [0.05, 0.1) is 5.92 Å². The zero-order valence-corrected chi connectivity index (χ0v) is 17.6. The van der Waals surface area contributed by atoms with Gasteiger partial charge in [-0.05, 0) is 63.6 Å². The molecule has 0 bridgehead atoms. The number of amides is 2. The summed E-state index contributed by atoms with van der Waals surface area (Å²) in [6.07, 6.45) is 8.91. The average Bonchev–Trinajstić information content (AvgIpc) is 3.60. The largest absolute Gasteiger partial charge is 0.355 e. The van der Waals surface area contributed by atoms with Gasteiger partial charge < -0.3 is 10.2 Å². The number of pyridine rings is 1. The van der Waals surface area contributed by atoms with Crippen LogP contribution in [0.1, 0.15) is 49.8 Å². The second-order valence-electron chi connectivity index (χ2n) is 8.97. The fourth-order valence-electron chi connectivity index (χ4n) is 4.82. The first-order chi connectivity index (χ1) is 14.1. The molecule has 0 radical (unpaired) electrons. The van der Waals surface area contributed by atoms with Crippen molar-refractivity contribution in [1.82, 2.24) is 20.1 Å². The molecule has 3 heterocycles. The monoisotopic (exact) mass is 398 g/mol. The van der Waals surface area contributed by atoms with Crippen molar-refractivity contribution >= 4 is 11.8 Å². The van der Waals surface area contributed by atoms with Gasteiger partial charge in [0.1, 0.15) is 0 Å². The van der Waals surface area contributed by atoms with E-state index in [2.05, 4.69) is 33.1 Å². The van der Waals surface area contributed by atoms with Crippen LogP contribution in [-0.2, 0) is 16.0 Å². The maximum atomic E-state index is 12.7. The zero-order valence-electron chi connectivity index (χ0n) is 17.6. The zero-order chi connectivity index (χ0) is 20.2. The number of carbonyl (C=O) groups is 2. The van der Waals surface area contributed by atoms with Gasteiger partial charge in [0.2, 0.25) is 11.8 Å². The van der Waals surface area contributed by atoms with E-state index in [4.69, 9.17) is 0 Å². The van der Waals surface area contributed by atoms with Crippen LogP contribution in [0.2, 0.25) is 0 Å². The number of nitrogens with zero attached hydrogens (tertiary/aromatic N) is 3. The van der Waals surface area contributed by atoms with Crippen LogP contribution in [0.25, 0.3) is 0 Å². The molecule has 29 heavy (non-hydrogen) atoms. The standard InChI is InChI=1S/C23H34N4O2/c1-17-4-2-11-24-21(17)8-12-25-22(28)19-5-3-13-27(16-19)20-9-14-26(15-10-20)23(29)18-6-7-18/h2,4,11,18-20H,3,5-10,12-16H2,1H3,(H,25,28). The maximum absolute atomic E-state index is 12.7. The van der Waals surface area contributed by atoms with E-state index >= 15 is 0 Å². The van der Waals surface area contributed by atoms with Crippen LogP contribution in [0.3, 0.4) is 0 Å². The Morgan fingerprint density at radius 1 is 1.10 bits per heavy atom. The van der Waals surface area contributed by atoms with Crippen molar-refractivity contribution in [3.05, 3.63) is 29.6 Å². The quantitative estimate of drug-likeness (QED) is 0.798. The Morgan fingerprint density at radius 3 is 2.62 bits per heavy atom. The molecule has 1 N–H and O–H groups in total. The molecule has 158 valence electrons. The third kappa shape index (κ3) is 5.16. The number of piperidine rings is 2. The molecule has 3 fully saturated rings. The van der Waals surface area contributed by atoms with Crippen LogP contribution < -0.4 is 5.32 Å². The first-order valence-electron chi connectivity index (χ1n) is 11.3. The van der Waals surface area contributed by atoms with Gasteiger partial charge >= 0.3 is 0 Å². The van der Waals surface area contributed by atoms with E-state index in [-0.39, 0.29) is 11.8 Å². The highest BCUT2D eigenvalue weighted by Gasteiger charge is 2.37. The van der Waals surface area contributed by atoms with Gasteiger partial charge in [-0.1, -0.05) is 6.07 Å². The Bertz CT molecular complexity index is 725. The minimum Gasteiger partial charge on any atom is -0.355 e. The van der Waals surface area contributed by atoms with E-state index in [1.165, 1.54) is 5.56 Å². The predicted octanol–water partition coefficient (Wildman–Crippen LogP) is 2.16. The summed E-state index contributed by atoms with van der Waals surface area (Å²) in [6, 6.07) is 4.53. The third-order valence-electron chi connectivity index (χ3n) is 6.82. The highest BCUT2D eigenvalue weighted by atomic mass is 16.2. The van der Waals surface area contributed by atoms with Crippen LogP contribution in [0.5, 0.6) is 0 Å². The molecule has 1 aromatic rings. The topological polar surface area (TPSA) is 65.5 Å². The summed E-state index contributed by atoms with van der Waals surface area (Å²) < 4.78 is 0. The van der Waals surface area contributed by atoms with Gasteiger partial charge in [0, 0.05) is 56.5 Å². The number of hydrogen-bond acceptors (Lipinski definition) is 4. The number of hydrogen-bond donors (Lipinski definition) is 1. The van der Waals surface area contributed by atoms with Gasteiger partial charge in [-0.15, -0.1) is 0 Å². The van der Waals surface area contributed by atoms with E-state index < -0.39 is 0 Å². The second-order valence-corrected chi connectivity index (χ2v) is 8.97. The minimum absolute atomic E-state index is 0.0831. The van der Waals surface area contributed by atoms with Crippen molar-refractivity contribution < 1.29 is 9.59 Å². The Hall–Kier alpha value is -1.95. The van der Waals surface area contributed by atoms with Gasteiger partial charge in [-0.3, -0.25) is 19.5 Å². The van der Waals surface area contributed by atoms with E-state index in [1.807, 2.05) is 12.3 Å². The van der Waals surface area contributed by atoms with Gasteiger partial charge in [-0.25, -0.2) is 0 Å². The van der Waals surface area contributed by atoms with Gasteiger partial charge in [0.15, 0.2) is 0 Å². The highest BCUT2D eigenvalue weighted by molar-refractivity contribution is 5.81. The predicted molar refractivity (Wildman–Crippen MR) is 112 cm³/mol. The third-order valence-corrected chi connectivity index (χ3v) is 6.82. The van der Waals surface area contributed by atoms with E-state index in [0.717, 1.165) is 76.8 Å². The fraction of sp³-hybridized carbons (Fsp3) is 0.696. The summed E-state index contributed by atoms with van der Waals surface area (Å²) in [4.78, 5) is 34.0. The number of carbonyl (C=O) groups excluding carboxylic acids is 2. The second kappa shape index (κ2) is 9.24. The minimum atomic E-state index is 0.0831. The fourth-order valence-corrected chi connectivity index (χ4v) is 4.82. The lowest BCUT2D eigenvalue weighted by atomic mass is 9.93. The first-order valence-corrected chi connectivity index (χ1v) is 11.3. The number of likely N-dealkylation sites (tertiary alicyclic amines) is 2. The molecule has 3 aliphatic rings. The molecular formula is C23H34N4O2. The van der Waals surface area contributed by atoms with Gasteiger partial charge in [0.25, 0.3) is 0 Å². The molecule has 1 aromatic heterocycles. The van der Waals surface area contributed by atoms with E-state index in [1.54, 1.807) is 0 Å². The molecule has 0 aromatic carbocycles. The Balaban J connectivity index is 1.21. The maximum Gasteiger partial charge on any atom is 0.225 e. The normalized spacial score (nSPS) is 23.8. The SMILES string of the molecule is Cc1cccnc1CCNC(=O)C1CCCN(C2CCN(C(=O)C3CC3)CC2)C1. The Morgan fingerprint density at radius 2 is 1.90 bits per heavy atom. The van der Waals surface area contributed by atoms with Crippen LogP contribution in [0.15, 0.2) is 18.3 Å². The molecule has 2 amide bonds. The summed E-state index contributed by atoms with van der Waals surface area (Å²) in [5.41, 5.74) is 2.24. The van der Waals surface area contributed by atoms with Crippen molar-refractivity contribution in [1.29, 1.82) is 0 Å². The lowest BCUT2D eigenvalue weighted by Gasteiger charge is -2.42. The molecule has 4 rings (SSSR count). The summed E-state index contributed by atoms with van der Waals surface area (Å²) >= 11 is 0. The van der Waals surface area contributed by atoms with Crippen molar-refractivity contribution in [3.8, 4) is 0 Å². The van der Waals surface area contributed by atoms with Crippen molar-refractivity contribution in [3.63, 3.8) is 0 Å². The van der Waals surface area contributed by atoms with Gasteiger partial charge in [-0.2, -0.15) is 0 Å². The molecular weight excluding hydrogens is 364 g/mol. The molecule has 0 spiro atoms. The lowest BCUT2D eigenvalue weighted by Crippen LogP contribution is -2.51. The lowest BCUT2D eigenvalue weighted by molar-refractivity contribution is -0.134. The average molecular weight is 399 g/mol. The number of nitrogens with one attached hydrogen (secondary N) is 1. The summed E-state index contributed by atoms with van der Waals surface area (Å²) in [7, 11) is 0. The number of rotatable bonds is 6. The molecule has 1 saturated carbocycles. The van der Waals surface area contributed by atoms with Crippen molar-refractivity contribution in [2.24, 2.45) is 11.8 Å². The highest BCUT2D eigenvalue weighted by Crippen LogP contribution is 2.32. The molecule has 2 saturated heterocycles. The van der Waals surface area contributed by atoms with Crippen molar-refractivity contribution in [2.75, 3.05) is 32.7 Å². The molecule has 1 atom stereocenters.